The van der Waals surface area contributed by atoms with Crippen LogP contribution in [0.15, 0.2) is 24.3 Å². The fraction of sp³-hybridized carbons (Fsp3) is 0.250. The van der Waals surface area contributed by atoms with Gasteiger partial charge in [0.25, 0.3) is 0 Å². The molecule has 0 heterocycles. The Kier molecular flexibility index (Phi) is 7.48. The van der Waals surface area contributed by atoms with E-state index in [0.29, 0.717) is 0 Å². The van der Waals surface area contributed by atoms with Crippen LogP contribution in [0.3, 0.4) is 0 Å². The van der Waals surface area contributed by atoms with Gasteiger partial charge in [-0.25, -0.2) is 0 Å². The molecule has 7 heteroatoms. The first-order valence-corrected chi connectivity index (χ1v) is 7.22. The molecule has 1 rings (SSSR count). The summed E-state index contributed by atoms with van der Waals surface area (Å²) in [4.78, 5) is 17.4. The van der Waals surface area contributed by atoms with E-state index >= 15 is 0 Å². The van der Waals surface area contributed by atoms with Crippen LogP contribution in [0.25, 0.3) is 0 Å². The van der Waals surface area contributed by atoms with Crippen molar-refractivity contribution >= 4 is 33.4 Å². The molecule has 2 unspecified atom stereocenters. The first kappa shape index (κ1) is 15.1. The Labute approximate surface area is 100 Å². The van der Waals surface area contributed by atoms with Gasteiger partial charge >= 0.3 is 0 Å². The SMILES string of the molecule is O=[PH](O)Cc1ccc(C[PH](=O)O)cc1.[AlH3]. The molecule has 0 aliphatic rings. The number of hydrogen-bond acceptors (Lipinski definition) is 2. The minimum Gasteiger partial charge on any atom is -0.346 e. The molecule has 0 bridgehead atoms. The van der Waals surface area contributed by atoms with Crippen LogP contribution in [0.2, 0.25) is 0 Å². The van der Waals surface area contributed by atoms with Gasteiger partial charge in [0, 0.05) is 12.3 Å². The van der Waals surface area contributed by atoms with Crippen LogP contribution in [0.5, 0.6) is 0 Å². The van der Waals surface area contributed by atoms with E-state index in [-0.39, 0.29) is 29.7 Å². The maximum absolute atomic E-state index is 10.5. The minimum atomic E-state index is -2.48. The van der Waals surface area contributed by atoms with Crippen molar-refractivity contribution in [2.75, 3.05) is 0 Å². The molecule has 0 saturated carbocycles. The van der Waals surface area contributed by atoms with E-state index in [1.165, 1.54) is 0 Å². The third-order valence-electron chi connectivity index (χ3n) is 1.73. The lowest BCUT2D eigenvalue weighted by molar-refractivity contribution is 0.500. The molecule has 2 atom stereocenters. The van der Waals surface area contributed by atoms with Gasteiger partial charge in [0.15, 0.2) is 33.4 Å². The third-order valence-corrected chi connectivity index (χ3v) is 3.16. The Morgan fingerprint density at radius 3 is 1.33 bits per heavy atom. The summed E-state index contributed by atoms with van der Waals surface area (Å²) in [5, 5.41) is 0. The molecule has 0 fully saturated rings. The van der Waals surface area contributed by atoms with E-state index in [0.717, 1.165) is 11.1 Å². The second-order valence-corrected chi connectivity index (χ2v) is 5.24. The standard InChI is InChI=1S/C8H12O4P2.Al.3H/c9-13(10)5-7-1-2-8(4-3-7)6-14(11)12;;;;/h1-4,13-14H,5-6H2,(H,9,10)(H,11,12);;;;. The number of rotatable bonds is 4. The molecule has 15 heavy (non-hydrogen) atoms. The predicted molar refractivity (Wildman–Crippen MR) is 66.2 cm³/mol. The summed E-state index contributed by atoms with van der Waals surface area (Å²) in [5.74, 6) is 0. The van der Waals surface area contributed by atoms with Crippen molar-refractivity contribution in [3.63, 3.8) is 0 Å². The molecule has 0 amide bonds. The smallest absolute Gasteiger partial charge is 0.193 e. The second-order valence-electron chi connectivity index (χ2n) is 2.96. The zero-order valence-electron chi connectivity index (χ0n) is 7.43. The average molecular weight is 264 g/mol. The summed E-state index contributed by atoms with van der Waals surface area (Å²) < 4.78 is 21.1. The topological polar surface area (TPSA) is 74.6 Å². The lowest BCUT2D eigenvalue weighted by Gasteiger charge is -2.00. The van der Waals surface area contributed by atoms with Gasteiger partial charge in [-0.2, -0.15) is 0 Å². The van der Waals surface area contributed by atoms with Gasteiger partial charge < -0.3 is 9.79 Å². The Morgan fingerprint density at radius 2 is 1.13 bits per heavy atom. The van der Waals surface area contributed by atoms with E-state index < -0.39 is 16.1 Å². The normalized spacial score (nSPS) is 14.0. The van der Waals surface area contributed by atoms with Gasteiger partial charge in [-0.3, -0.25) is 9.13 Å². The van der Waals surface area contributed by atoms with Crippen molar-refractivity contribution in [1.29, 1.82) is 0 Å². The number of benzene rings is 1. The van der Waals surface area contributed by atoms with Gasteiger partial charge in [0.2, 0.25) is 0 Å². The molecule has 0 saturated heterocycles. The molecule has 0 aliphatic carbocycles. The first-order chi connectivity index (χ1) is 6.58. The maximum Gasteiger partial charge on any atom is 0.193 e. The van der Waals surface area contributed by atoms with E-state index in [1.807, 2.05) is 0 Å². The highest BCUT2D eigenvalue weighted by atomic mass is 31.1. The lowest BCUT2D eigenvalue weighted by atomic mass is 10.2. The molecular weight excluding hydrogens is 249 g/mol. The summed E-state index contributed by atoms with van der Waals surface area (Å²) >= 11 is 0. The third kappa shape index (κ3) is 6.33. The van der Waals surface area contributed by atoms with Gasteiger partial charge in [-0.15, -0.1) is 0 Å². The zero-order chi connectivity index (χ0) is 10.6. The van der Waals surface area contributed by atoms with Crippen LogP contribution in [0.4, 0.5) is 0 Å². The fourth-order valence-electron chi connectivity index (χ4n) is 1.12. The molecule has 0 aliphatic heterocycles. The molecule has 1 aromatic rings. The molecular formula is C8H15AlO4P2. The molecule has 0 radical (unpaired) electrons. The summed E-state index contributed by atoms with van der Waals surface area (Å²) in [6, 6.07) is 6.83. The van der Waals surface area contributed by atoms with Crippen molar-refractivity contribution in [3.8, 4) is 0 Å². The second kappa shape index (κ2) is 7.41. The van der Waals surface area contributed by atoms with Gasteiger partial charge in [-0.05, 0) is 11.1 Å². The van der Waals surface area contributed by atoms with Crippen LogP contribution in [0.1, 0.15) is 11.1 Å². The minimum absolute atomic E-state index is 0. The monoisotopic (exact) mass is 264 g/mol. The summed E-state index contributed by atoms with van der Waals surface area (Å²) in [6.07, 6.45) is 0.332. The van der Waals surface area contributed by atoms with Crippen LogP contribution in [-0.4, -0.2) is 27.1 Å². The zero-order valence-corrected chi connectivity index (χ0v) is 9.43. The van der Waals surface area contributed by atoms with Gasteiger partial charge in [0.05, 0.1) is 0 Å². The molecule has 84 valence electrons. The van der Waals surface area contributed by atoms with Crippen molar-refractivity contribution in [1.82, 2.24) is 0 Å². The van der Waals surface area contributed by atoms with E-state index in [2.05, 4.69) is 0 Å². The molecule has 4 nitrogen and oxygen atoms in total. The predicted octanol–water partition coefficient (Wildman–Crippen LogP) is 0.437. The first-order valence-electron chi connectivity index (χ1n) is 4.09. The van der Waals surface area contributed by atoms with Crippen LogP contribution >= 0.6 is 16.1 Å². The van der Waals surface area contributed by atoms with E-state index in [4.69, 9.17) is 9.79 Å². The molecule has 1 aromatic carbocycles. The molecule has 0 spiro atoms. The van der Waals surface area contributed by atoms with Crippen molar-refractivity contribution in [2.45, 2.75) is 12.3 Å². The number of hydrogen-bond donors (Lipinski definition) is 2. The Bertz CT molecular complexity index is 317. The van der Waals surface area contributed by atoms with Crippen LogP contribution in [-0.2, 0) is 21.5 Å². The van der Waals surface area contributed by atoms with Gasteiger partial charge in [0.1, 0.15) is 0 Å². The highest BCUT2D eigenvalue weighted by molar-refractivity contribution is 7.37. The van der Waals surface area contributed by atoms with Crippen molar-refractivity contribution < 1.29 is 18.9 Å². The Hall–Kier alpha value is 0.132. The molecule has 2 N–H and O–H groups in total. The van der Waals surface area contributed by atoms with E-state index in [1.54, 1.807) is 24.3 Å². The Morgan fingerprint density at radius 1 is 0.867 bits per heavy atom. The Balaban J connectivity index is 0.00000196. The molecule has 0 aromatic heterocycles. The van der Waals surface area contributed by atoms with Gasteiger partial charge in [-0.1, -0.05) is 24.3 Å². The maximum atomic E-state index is 10.5. The van der Waals surface area contributed by atoms with Crippen molar-refractivity contribution in [2.24, 2.45) is 0 Å². The highest BCUT2D eigenvalue weighted by Gasteiger charge is 1.99. The summed E-state index contributed by atoms with van der Waals surface area (Å²) in [5.41, 5.74) is 1.55. The van der Waals surface area contributed by atoms with Crippen molar-refractivity contribution in [3.05, 3.63) is 35.4 Å². The summed E-state index contributed by atoms with van der Waals surface area (Å²) in [6.45, 7) is 0. The average Bonchev–Trinajstić information content (AvgIpc) is 2.06. The fourth-order valence-corrected chi connectivity index (χ4v) is 2.29. The lowest BCUT2D eigenvalue weighted by Crippen LogP contribution is -1.83. The van der Waals surface area contributed by atoms with Crippen LogP contribution < -0.4 is 0 Å². The largest absolute Gasteiger partial charge is 0.346 e. The van der Waals surface area contributed by atoms with E-state index in [9.17, 15) is 9.13 Å². The summed E-state index contributed by atoms with van der Waals surface area (Å²) in [7, 11) is -4.95. The van der Waals surface area contributed by atoms with Crippen LogP contribution in [0, 0.1) is 0 Å². The highest BCUT2D eigenvalue weighted by Crippen LogP contribution is 2.24. The quantitative estimate of drug-likeness (QED) is 0.611.